The van der Waals surface area contributed by atoms with Gasteiger partial charge in [-0.2, -0.15) is 0 Å². The summed E-state index contributed by atoms with van der Waals surface area (Å²) in [5.74, 6) is 0.643. The van der Waals surface area contributed by atoms with Gasteiger partial charge in [-0.1, -0.05) is 0 Å². The Morgan fingerprint density at radius 3 is 2.63 bits per heavy atom. The highest BCUT2D eigenvalue weighted by Crippen LogP contribution is 2.34. The minimum Gasteiger partial charge on any atom is -0.497 e. The lowest BCUT2D eigenvalue weighted by Gasteiger charge is -2.33. The molecule has 1 aliphatic rings. The molecule has 0 aliphatic carbocycles. The zero-order valence-corrected chi connectivity index (χ0v) is 10.7. The Bertz CT molecular complexity index is 518. The summed E-state index contributed by atoms with van der Waals surface area (Å²) in [5.41, 5.74) is 6.31. The molecule has 19 heavy (non-hydrogen) atoms. The summed E-state index contributed by atoms with van der Waals surface area (Å²) in [5, 5.41) is 2.22. The Balaban J connectivity index is 2.44. The molecule has 0 radical (unpaired) electrons. The summed E-state index contributed by atoms with van der Waals surface area (Å²) in [6.45, 7) is 0. The smallest absolute Gasteiger partial charge is 0.329 e. The van der Waals surface area contributed by atoms with Gasteiger partial charge >= 0.3 is 6.03 Å². The predicted octanol–water partition coefficient (Wildman–Crippen LogP) is 0.435. The maximum Gasteiger partial charge on any atom is 0.329 e. The number of benzene rings is 1. The third kappa shape index (κ3) is 2.45. The Kier molecular flexibility index (Phi) is 3.57. The number of methoxy groups -OCH3 is 2. The van der Waals surface area contributed by atoms with Crippen LogP contribution >= 0.6 is 0 Å². The first-order chi connectivity index (χ1) is 9.06. The van der Waals surface area contributed by atoms with Crippen LogP contribution in [0.4, 0.5) is 10.5 Å². The van der Waals surface area contributed by atoms with Crippen LogP contribution in [-0.4, -0.2) is 32.3 Å². The van der Waals surface area contributed by atoms with Gasteiger partial charge in [0.2, 0.25) is 5.91 Å². The minimum absolute atomic E-state index is 0.0338. The van der Waals surface area contributed by atoms with E-state index in [0.717, 1.165) is 0 Å². The molecule has 2 rings (SSSR count). The number of nitrogens with two attached hydrogens (primary N) is 1. The molecule has 1 aliphatic heterocycles. The SMILES string of the molecule is COc1ccc(OC)c(N2C(=O)NC(=O)CC2N)c1. The van der Waals surface area contributed by atoms with Crippen LogP contribution in [0.2, 0.25) is 0 Å². The van der Waals surface area contributed by atoms with E-state index in [2.05, 4.69) is 5.32 Å². The van der Waals surface area contributed by atoms with Crippen molar-refractivity contribution in [2.45, 2.75) is 12.6 Å². The van der Waals surface area contributed by atoms with Crippen molar-refractivity contribution in [2.24, 2.45) is 5.73 Å². The molecule has 0 aromatic heterocycles. The summed E-state index contributed by atoms with van der Waals surface area (Å²) in [7, 11) is 3.01. The van der Waals surface area contributed by atoms with Gasteiger partial charge in [0.05, 0.1) is 32.5 Å². The maximum atomic E-state index is 11.9. The number of ether oxygens (including phenoxy) is 2. The van der Waals surface area contributed by atoms with Gasteiger partial charge in [-0.15, -0.1) is 0 Å². The number of amides is 3. The first-order valence-corrected chi connectivity index (χ1v) is 5.67. The second-order valence-electron chi connectivity index (χ2n) is 4.03. The van der Waals surface area contributed by atoms with E-state index in [9.17, 15) is 9.59 Å². The Hall–Kier alpha value is -2.28. The Morgan fingerprint density at radius 2 is 2.05 bits per heavy atom. The largest absolute Gasteiger partial charge is 0.497 e. The second-order valence-corrected chi connectivity index (χ2v) is 4.03. The van der Waals surface area contributed by atoms with Crippen LogP contribution in [0, 0.1) is 0 Å². The second kappa shape index (κ2) is 5.15. The van der Waals surface area contributed by atoms with Crippen molar-refractivity contribution in [3.05, 3.63) is 18.2 Å². The average molecular weight is 265 g/mol. The van der Waals surface area contributed by atoms with Gasteiger partial charge in [-0.3, -0.25) is 15.0 Å². The zero-order valence-electron chi connectivity index (χ0n) is 10.7. The standard InChI is InChI=1S/C12H15N3O4/c1-18-7-3-4-9(19-2)8(5-7)15-10(13)6-11(16)14-12(15)17/h3-5,10H,6,13H2,1-2H3,(H,14,16,17). The fraction of sp³-hybridized carbons (Fsp3) is 0.333. The van der Waals surface area contributed by atoms with Crippen LogP contribution in [0.3, 0.4) is 0 Å². The number of anilines is 1. The van der Waals surface area contributed by atoms with Gasteiger partial charge in [0, 0.05) is 6.07 Å². The van der Waals surface area contributed by atoms with Crippen LogP contribution in [-0.2, 0) is 4.79 Å². The fourth-order valence-corrected chi connectivity index (χ4v) is 1.94. The van der Waals surface area contributed by atoms with Gasteiger partial charge in [0.1, 0.15) is 11.5 Å². The van der Waals surface area contributed by atoms with E-state index in [4.69, 9.17) is 15.2 Å². The highest BCUT2D eigenvalue weighted by molar-refractivity contribution is 6.07. The van der Waals surface area contributed by atoms with E-state index >= 15 is 0 Å². The van der Waals surface area contributed by atoms with Crippen molar-refractivity contribution in [1.82, 2.24) is 5.32 Å². The molecule has 3 N–H and O–H groups in total. The summed E-state index contributed by atoms with van der Waals surface area (Å²) >= 11 is 0. The van der Waals surface area contributed by atoms with Crippen molar-refractivity contribution < 1.29 is 19.1 Å². The molecule has 1 aromatic carbocycles. The molecular formula is C12H15N3O4. The van der Waals surface area contributed by atoms with Crippen molar-refractivity contribution in [1.29, 1.82) is 0 Å². The molecule has 0 bridgehead atoms. The van der Waals surface area contributed by atoms with Gasteiger partial charge in [-0.05, 0) is 12.1 Å². The first-order valence-electron chi connectivity index (χ1n) is 5.67. The number of urea groups is 1. The van der Waals surface area contributed by atoms with Gasteiger partial charge in [0.15, 0.2) is 0 Å². The number of hydrogen-bond acceptors (Lipinski definition) is 5. The Labute approximate surface area is 110 Å². The monoisotopic (exact) mass is 265 g/mol. The van der Waals surface area contributed by atoms with Crippen LogP contribution in [0.5, 0.6) is 11.5 Å². The molecule has 3 amide bonds. The number of nitrogens with zero attached hydrogens (tertiary/aromatic N) is 1. The quantitative estimate of drug-likeness (QED) is 0.826. The fourth-order valence-electron chi connectivity index (χ4n) is 1.94. The Morgan fingerprint density at radius 1 is 1.32 bits per heavy atom. The van der Waals surface area contributed by atoms with Crippen molar-refractivity contribution in [2.75, 3.05) is 19.1 Å². The molecule has 1 heterocycles. The summed E-state index contributed by atoms with van der Waals surface area (Å²) in [6, 6.07) is 4.44. The molecule has 1 saturated heterocycles. The third-order valence-corrected chi connectivity index (χ3v) is 2.84. The average Bonchev–Trinajstić information content (AvgIpc) is 2.37. The van der Waals surface area contributed by atoms with Crippen molar-refractivity contribution in [3.63, 3.8) is 0 Å². The summed E-state index contributed by atoms with van der Waals surface area (Å²) in [6.07, 6.45) is -0.700. The molecule has 7 nitrogen and oxygen atoms in total. The van der Waals surface area contributed by atoms with Crippen LogP contribution in [0.25, 0.3) is 0 Å². The highest BCUT2D eigenvalue weighted by atomic mass is 16.5. The van der Waals surface area contributed by atoms with Crippen molar-refractivity contribution in [3.8, 4) is 11.5 Å². The summed E-state index contributed by atoms with van der Waals surface area (Å²) in [4.78, 5) is 24.4. The number of nitrogens with one attached hydrogen (secondary N) is 1. The molecule has 1 aromatic rings. The number of carbonyl (C=O) groups is 2. The van der Waals surface area contributed by atoms with E-state index < -0.39 is 18.1 Å². The lowest BCUT2D eigenvalue weighted by molar-refractivity contribution is -0.120. The van der Waals surface area contributed by atoms with Gasteiger partial charge in [-0.25, -0.2) is 4.79 Å². The van der Waals surface area contributed by atoms with Crippen LogP contribution < -0.4 is 25.4 Å². The van der Waals surface area contributed by atoms with Gasteiger partial charge < -0.3 is 15.2 Å². The molecule has 102 valence electrons. The normalized spacial score (nSPS) is 19.1. The molecule has 0 saturated carbocycles. The zero-order chi connectivity index (χ0) is 14.0. The molecule has 7 heteroatoms. The van der Waals surface area contributed by atoms with Crippen LogP contribution in [0.1, 0.15) is 6.42 Å². The number of imide groups is 1. The predicted molar refractivity (Wildman–Crippen MR) is 68.2 cm³/mol. The number of carbonyl (C=O) groups excluding carboxylic acids is 2. The molecule has 1 atom stereocenters. The summed E-state index contributed by atoms with van der Waals surface area (Å²) < 4.78 is 10.3. The minimum atomic E-state index is -0.734. The van der Waals surface area contributed by atoms with E-state index in [-0.39, 0.29) is 6.42 Å². The molecule has 0 spiro atoms. The van der Waals surface area contributed by atoms with Gasteiger partial charge in [0.25, 0.3) is 0 Å². The van der Waals surface area contributed by atoms with E-state index in [1.54, 1.807) is 18.2 Å². The molecule has 1 unspecified atom stereocenters. The maximum absolute atomic E-state index is 11.9. The lowest BCUT2D eigenvalue weighted by atomic mass is 10.2. The highest BCUT2D eigenvalue weighted by Gasteiger charge is 2.33. The molecular weight excluding hydrogens is 250 g/mol. The van der Waals surface area contributed by atoms with E-state index in [0.29, 0.717) is 17.2 Å². The van der Waals surface area contributed by atoms with E-state index in [1.807, 2.05) is 0 Å². The number of hydrogen-bond donors (Lipinski definition) is 2. The van der Waals surface area contributed by atoms with E-state index in [1.165, 1.54) is 19.1 Å². The van der Waals surface area contributed by atoms with Crippen molar-refractivity contribution >= 4 is 17.6 Å². The molecule has 1 fully saturated rings. The first kappa shape index (κ1) is 13.2. The number of rotatable bonds is 3. The van der Waals surface area contributed by atoms with Crippen LogP contribution in [0.15, 0.2) is 18.2 Å². The topological polar surface area (TPSA) is 93.9 Å². The third-order valence-electron chi connectivity index (χ3n) is 2.84. The lowest BCUT2D eigenvalue weighted by Crippen LogP contribution is -2.58.